The van der Waals surface area contributed by atoms with E-state index in [4.69, 9.17) is 9.47 Å². The largest absolute Gasteiger partial charge is 0.383 e. The molecule has 0 bridgehead atoms. The second-order valence-electron chi connectivity index (χ2n) is 6.64. The van der Waals surface area contributed by atoms with Crippen LogP contribution in [0.2, 0.25) is 0 Å². The lowest BCUT2D eigenvalue weighted by Crippen LogP contribution is -2.44. The molecule has 6 heteroatoms. The Hall–Kier alpha value is -0.690. The summed E-state index contributed by atoms with van der Waals surface area (Å²) < 4.78 is 10.6. The summed E-state index contributed by atoms with van der Waals surface area (Å²) in [6.07, 6.45) is 3.48. The maximum atomic E-state index is 12.1. The number of carbonyl (C=O) groups excluding carboxylic acids is 1. The van der Waals surface area contributed by atoms with E-state index in [0.29, 0.717) is 25.7 Å². The highest BCUT2D eigenvalue weighted by atomic mass is 16.5. The molecule has 1 fully saturated rings. The van der Waals surface area contributed by atoms with Gasteiger partial charge in [0.1, 0.15) is 0 Å². The van der Waals surface area contributed by atoms with E-state index in [1.807, 2.05) is 13.8 Å². The minimum atomic E-state index is 0.126. The standard InChI is InChI=1S/C17H35N3O3/c1-15(2)23-11-6-8-18-17(21)14-20-9-5-7-16(20)13-19(3)10-12-22-4/h15-16H,5-14H2,1-4H3,(H,18,21)/t16-/m0/s1. The summed E-state index contributed by atoms with van der Waals surface area (Å²) in [5.41, 5.74) is 0. The third-order valence-corrected chi connectivity index (χ3v) is 4.14. The third kappa shape index (κ3) is 9.25. The fraction of sp³-hybridized carbons (Fsp3) is 0.941. The smallest absolute Gasteiger partial charge is 0.234 e. The molecule has 136 valence electrons. The van der Waals surface area contributed by atoms with Gasteiger partial charge in [0.25, 0.3) is 0 Å². The van der Waals surface area contributed by atoms with E-state index < -0.39 is 0 Å². The molecule has 1 N–H and O–H groups in total. The molecule has 0 saturated carbocycles. The van der Waals surface area contributed by atoms with Crippen LogP contribution >= 0.6 is 0 Å². The Morgan fingerprint density at radius 2 is 2.17 bits per heavy atom. The maximum absolute atomic E-state index is 12.1. The van der Waals surface area contributed by atoms with Crippen molar-refractivity contribution in [1.29, 1.82) is 0 Å². The van der Waals surface area contributed by atoms with Gasteiger partial charge in [-0.1, -0.05) is 0 Å². The number of nitrogens with one attached hydrogen (secondary N) is 1. The number of hydrogen-bond acceptors (Lipinski definition) is 5. The van der Waals surface area contributed by atoms with Crippen molar-refractivity contribution in [3.63, 3.8) is 0 Å². The second-order valence-corrected chi connectivity index (χ2v) is 6.64. The lowest BCUT2D eigenvalue weighted by atomic mass is 10.2. The third-order valence-electron chi connectivity index (χ3n) is 4.14. The molecular formula is C17H35N3O3. The molecule has 1 saturated heterocycles. The van der Waals surface area contributed by atoms with Gasteiger partial charge in [-0.25, -0.2) is 0 Å². The maximum Gasteiger partial charge on any atom is 0.234 e. The Balaban J connectivity index is 2.19. The van der Waals surface area contributed by atoms with E-state index in [2.05, 4.69) is 22.2 Å². The highest BCUT2D eigenvalue weighted by Crippen LogP contribution is 2.17. The summed E-state index contributed by atoms with van der Waals surface area (Å²) in [6.45, 7) is 9.66. The van der Waals surface area contributed by atoms with Crippen molar-refractivity contribution in [2.75, 3.05) is 60.1 Å². The van der Waals surface area contributed by atoms with E-state index >= 15 is 0 Å². The van der Waals surface area contributed by atoms with Crippen LogP contribution in [0.1, 0.15) is 33.1 Å². The highest BCUT2D eigenvalue weighted by molar-refractivity contribution is 5.78. The molecule has 0 aromatic rings. The monoisotopic (exact) mass is 329 g/mol. The molecule has 23 heavy (non-hydrogen) atoms. The zero-order valence-corrected chi connectivity index (χ0v) is 15.3. The van der Waals surface area contributed by atoms with Gasteiger partial charge < -0.3 is 19.7 Å². The van der Waals surface area contributed by atoms with Crippen LogP contribution < -0.4 is 5.32 Å². The van der Waals surface area contributed by atoms with Crippen molar-refractivity contribution in [3.8, 4) is 0 Å². The number of ether oxygens (including phenoxy) is 2. The Labute approximate surface area is 141 Å². The first kappa shape index (κ1) is 20.4. The Bertz CT molecular complexity index is 326. The number of carbonyl (C=O) groups is 1. The fourth-order valence-corrected chi connectivity index (χ4v) is 2.87. The van der Waals surface area contributed by atoms with Crippen molar-refractivity contribution < 1.29 is 14.3 Å². The Morgan fingerprint density at radius 3 is 2.87 bits per heavy atom. The van der Waals surface area contributed by atoms with Crippen molar-refractivity contribution in [2.45, 2.75) is 45.3 Å². The van der Waals surface area contributed by atoms with Crippen LogP contribution in [0.4, 0.5) is 0 Å². The number of hydrogen-bond donors (Lipinski definition) is 1. The molecule has 1 atom stereocenters. The van der Waals surface area contributed by atoms with Gasteiger partial charge >= 0.3 is 0 Å². The number of likely N-dealkylation sites (tertiary alicyclic amines) is 1. The van der Waals surface area contributed by atoms with Gasteiger partial charge in [-0.15, -0.1) is 0 Å². The number of likely N-dealkylation sites (N-methyl/N-ethyl adjacent to an activating group) is 1. The van der Waals surface area contributed by atoms with Gasteiger partial charge in [0, 0.05) is 39.4 Å². The average Bonchev–Trinajstić information content (AvgIpc) is 2.91. The van der Waals surface area contributed by atoms with E-state index in [1.54, 1.807) is 7.11 Å². The molecule has 0 unspecified atom stereocenters. The van der Waals surface area contributed by atoms with Crippen molar-refractivity contribution in [1.82, 2.24) is 15.1 Å². The normalized spacial score (nSPS) is 19.0. The molecule has 0 spiro atoms. The summed E-state index contributed by atoms with van der Waals surface area (Å²) in [7, 11) is 3.84. The summed E-state index contributed by atoms with van der Waals surface area (Å²) >= 11 is 0. The predicted molar refractivity (Wildman–Crippen MR) is 92.7 cm³/mol. The highest BCUT2D eigenvalue weighted by Gasteiger charge is 2.26. The molecular weight excluding hydrogens is 294 g/mol. The summed E-state index contributed by atoms with van der Waals surface area (Å²) in [5, 5.41) is 3.00. The van der Waals surface area contributed by atoms with E-state index in [-0.39, 0.29) is 12.0 Å². The van der Waals surface area contributed by atoms with E-state index in [1.165, 1.54) is 12.8 Å². The molecule has 1 heterocycles. The first-order valence-corrected chi connectivity index (χ1v) is 8.82. The zero-order valence-electron chi connectivity index (χ0n) is 15.3. The molecule has 6 nitrogen and oxygen atoms in total. The number of rotatable bonds is 12. The lowest BCUT2D eigenvalue weighted by Gasteiger charge is -2.28. The molecule has 1 rings (SSSR count). The molecule has 1 aliphatic heterocycles. The van der Waals surface area contributed by atoms with Crippen molar-refractivity contribution >= 4 is 5.91 Å². The van der Waals surface area contributed by atoms with Crippen LogP contribution in [-0.2, 0) is 14.3 Å². The molecule has 0 aliphatic carbocycles. The van der Waals surface area contributed by atoms with Gasteiger partial charge in [0.2, 0.25) is 5.91 Å². The first-order valence-electron chi connectivity index (χ1n) is 8.82. The molecule has 0 radical (unpaired) electrons. The van der Waals surface area contributed by atoms with Crippen LogP contribution in [-0.4, -0.2) is 87.9 Å². The van der Waals surface area contributed by atoms with Gasteiger partial charge in [0.05, 0.1) is 19.3 Å². The minimum absolute atomic E-state index is 0.126. The topological polar surface area (TPSA) is 54.0 Å². The summed E-state index contributed by atoms with van der Waals surface area (Å²) in [6, 6.07) is 0.479. The van der Waals surface area contributed by atoms with Crippen LogP contribution in [0, 0.1) is 0 Å². The number of nitrogens with zero attached hydrogens (tertiary/aromatic N) is 2. The SMILES string of the molecule is COCCN(C)C[C@@H]1CCCN1CC(=O)NCCCOC(C)C. The first-order chi connectivity index (χ1) is 11.0. The molecule has 0 aromatic carbocycles. The van der Waals surface area contributed by atoms with Crippen molar-refractivity contribution in [2.24, 2.45) is 0 Å². The van der Waals surface area contributed by atoms with E-state index in [9.17, 15) is 4.79 Å². The van der Waals surface area contributed by atoms with Crippen LogP contribution in [0.3, 0.4) is 0 Å². The average molecular weight is 329 g/mol. The number of amides is 1. The van der Waals surface area contributed by atoms with Gasteiger partial charge in [-0.3, -0.25) is 9.69 Å². The minimum Gasteiger partial charge on any atom is -0.383 e. The Morgan fingerprint density at radius 1 is 1.39 bits per heavy atom. The van der Waals surface area contributed by atoms with E-state index in [0.717, 1.165) is 32.7 Å². The Kier molecular flexibility index (Phi) is 10.4. The van der Waals surface area contributed by atoms with Gasteiger partial charge in [-0.2, -0.15) is 0 Å². The summed E-state index contributed by atoms with van der Waals surface area (Å²) in [5.74, 6) is 0.126. The fourth-order valence-electron chi connectivity index (χ4n) is 2.87. The van der Waals surface area contributed by atoms with Crippen LogP contribution in [0.25, 0.3) is 0 Å². The molecule has 1 aliphatic rings. The van der Waals surface area contributed by atoms with Crippen molar-refractivity contribution in [3.05, 3.63) is 0 Å². The van der Waals surface area contributed by atoms with Gasteiger partial charge in [-0.05, 0) is 46.7 Å². The van der Waals surface area contributed by atoms with Gasteiger partial charge in [0.15, 0.2) is 0 Å². The van der Waals surface area contributed by atoms with Crippen LogP contribution in [0.5, 0.6) is 0 Å². The van der Waals surface area contributed by atoms with Crippen LogP contribution in [0.15, 0.2) is 0 Å². The predicted octanol–water partition coefficient (Wildman–Crippen LogP) is 0.960. The summed E-state index contributed by atoms with van der Waals surface area (Å²) in [4.78, 5) is 16.7. The lowest BCUT2D eigenvalue weighted by molar-refractivity contribution is -0.122. The molecule has 1 amide bonds. The second kappa shape index (κ2) is 11.8. The molecule has 0 aromatic heterocycles. The number of methoxy groups -OCH3 is 1. The quantitative estimate of drug-likeness (QED) is 0.541. The zero-order chi connectivity index (χ0) is 17.1.